The van der Waals surface area contributed by atoms with Crippen LogP contribution in [0.25, 0.3) is 0 Å². The maximum atomic E-state index is 9.96. The largest absolute Gasteiger partial charge is 1.00 e. The number of carbonyl (C=O) groups is 1. The van der Waals surface area contributed by atoms with E-state index in [1.54, 1.807) is 6.07 Å². The maximum absolute atomic E-state index is 9.96. The molecule has 1 rings (SSSR count). The molecule has 0 radical (unpaired) electrons. The second kappa shape index (κ2) is 5.43. The standard InChI is InChI=1S/C4H4N2O2.Na.H2O/c7-4(8)6-3-1-2-5-6;;/h1-3H,(H,7,8);;1H2/q;+1;/p-1. The van der Waals surface area contributed by atoms with Gasteiger partial charge in [0, 0.05) is 12.4 Å². The summed E-state index contributed by atoms with van der Waals surface area (Å²) in [5.74, 6) is 0. The number of carboxylic acid groups (broad SMARTS) is 1. The van der Waals surface area contributed by atoms with Crippen molar-refractivity contribution in [2.45, 2.75) is 0 Å². The molecular weight excluding hydrogens is 147 g/mol. The summed E-state index contributed by atoms with van der Waals surface area (Å²) in [6.45, 7) is 0. The van der Waals surface area contributed by atoms with Gasteiger partial charge < -0.3 is 10.6 Å². The first-order chi connectivity index (χ1) is 3.80. The molecule has 0 aliphatic rings. The van der Waals surface area contributed by atoms with E-state index < -0.39 is 6.09 Å². The molecule has 5 nitrogen and oxygen atoms in total. The molecule has 50 valence electrons. The second-order valence-electron chi connectivity index (χ2n) is 1.23. The zero-order valence-corrected chi connectivity index (χ0v) is 7.43. The van der Waals surface area contributed by atoms with Gasteiger partial charge in [0.15, 0.2) is 0 Å². The predicted octanol–water partition coefficient (Wildman–Crippen LogP) is -2.76. The van der Waals surface area contributed by atoms with E-state index >= 15 is 0 Å². The minimum Gasteiger partial charge on any atom is -0.870 e. The van der Waals surface area contributed by atoms with Crippen molar-refractivity contribution in [3.63, 3.8) is 0 Å². The third kappa shape index (κ3) is 2.98. The summed E-state index contributed by atoms with van der Waals surface area (Å²) in [6.07, 6.45) is 1.71. The van der Waals surface area contributed by atoms with Gasteiger partial charge in [0.2, 0.25) is 0 Å². The Morgan fingerprint density at radius 2 is 2.20 bits per heavy atom. The molecule has 0 bridgehead atoms. The van der Waals surface area contributed by atoms with Crippen LogP contribution in [-0.2, 0) is 0 Å². The van der Waals surface area contributed by atoms with Gasteiger partial charge in [-0.3, -0.25) is 0 Å². The van der Waals surface area contributed by atoms with E-state index in [-0.39, 0.29) is 35.0 Å². The van der Waals surface area contributed by atoms with Crippen molar-refractivity contribution in [3.05, 3.63) is 18.5 Å². The van der Waals surface area contributed by atoms with Gasteiger partial charge in [-0.1, -0.05) is 0 Å². The molecule has 1 aromatic rings. The molecule has 2 N–H and O–H groups in total. The van der Waals surface area contributed by atoms with Gasteiger partial charge in [0.1, 0.15) is 0 Å². The van der Waals surface area contributed by atoms with E-state index in [1.165, 1.54) is 12.4 Å². The number of hydrogen-bond donors (Lipinski definition) is 1. The minimum absolute atomic E-state index is 0. The van der Waals surface area contributed by atoms with Crippen molar-refractivity contribution in [2.75, 3.05) is 0 Å². The van der Waals surface area contributed by atoms with Crippen molar-refractivity contribution in [1.29, 1.82) is 0 Å². The number of aromatic nitrogens is 2. The average molecular weight is 152 g/mol. The first-order valence-electron chi connectivity index (χ1n) is 2.03. The third-order valence-corrected chi connectivity index (χ3v) is 0.700. The Labute approximate surface area is 79.3 Å². The molecule has 6 heteroatoms. The van der Waals surface area contributed by atoms with Crippen LogP contribution in [0.3, 0.4) is 0 Å². The summed E-state index contributed by atoms with van der Waals surface area (Å²) in [4.78, 5) is 9.96. The Morgan fingerprint density at radius 1 is 1.60 bits per heavy atom. The van der Waals surface area contributed by atoms with Gasteiger partial charge in [0.25, 0.3) is 0 Å². The molecule has 0 aliphatic carbocycles. The normalized spacial score (nSPS) is 7.20. The van der Waals surface area contributed by atoms with Crippen LogP contribution in [0.1, 0.15) is 0 Å². The zero-order chi connectivity index (χ0) is 5.98. The van der Waals surface area contributed by atoms with Crippen molar-refractivity contribution in [3.8, 4) is 0 Å². The smallest absolute Gasteiger partial charge is 0.870 e. The van der Waals surface area contributed by atoms with Gasteiger partial charge in [-0.2, -0.15) is 9.78 Å². The van der Waals surface area contributed by atoms with Crippen LogP contribution in [0.5, 0.6) is 0 Å². The summed E-state index contributed by atoms with van der Waals surface area (Å²) < 4.78 is 0.833. The molecule has 0 saturated carbocycles. The molecule has 0 fully saturated rings. The maximum Gasteiger partial charge on any atom is 1.00 e. The van der Waals surface area contributed by atoms with Crippen LogP contribution in [0.4, 0.5) is 4.79 Å². The van der Waals surface area contributed by atoms with Crippen molar-refractivity contribution < 1.29 is 44.9 Å². The van der Waals surface area contributed by atoms with Gasteiger partial charge >= 0.3 is 35.7 Å². The fourth-order valence-corrected chi connectivity index (χ4v) is 0.382. The van der Waals surface area contributed by atoms with Crippen LogP contribution in [0.15, 0.2) is 18.5 Å². The van der Waals surface area contributed by atoms with Crippen molar-refractivity contribution in [1.82, 2.24) is 9.78 Å². The van der Waals surface area contributed by atoms with E-state index in [9.17, 15) is 4.79 Å². The Hall–Kier alpha value is -0.360. The minimum atomic E-state index is -1.06. The van der Waals surface area contributed by atoms with Crippen molar-refractivity contribution >= 4 is 6.09 Å². The van der Waals surface area contributed by atoms with Crippen LogP contribution >= 0.6 is 0 Å². The fourth-order valence-electron chi connectivity index (χ4n) is 0.382. The SMILES string of the molecule is O=C(O)n1cccn1.[Na+].[OH-]. The summed E-state index contributed by atoms with van der Waals surface area (Å²) in [5.41, 5.74) is 0. The van der Waals surface area contributed by atoms with E-state index in [0.717, 1.165) is 4.68 Å². The first kappa shape index (κ1) is 12.3. The topological polar surface area (TPSA) is 85.1 Å². The summed E-state index contributed by atoms with van der Waals surface area (Å²) in [5, 5.41) is 11.6. The predicted molar refractivity (Wildman–Crippen MR) is 27.6 cm³/mol. The average Bonchev–Trinajstić information content (AvgIpc) is 2.12. The monoisotopic (exact) mass is 152 g/mol. The first-order valence-corrected chi connectivity index (χ1v) is 2.03. The quantitative estimate of drug-likeness (QED) is 0.408. The number of hydrogen-bond acceptors (Lipinski definition) is 3. The zero-order valence-electron chi connectivity index (χ0n) is 5.43. The summed E-state index contributed by atoms with van der Waals surface area (Å²) in [6, 6.07) is 1.55. The molecule has 0 amide bonds. The van der Waals surface area contributed by atoms with E-state index in [2.05, 4.69) is 5.10 Å². The molecule has 0 saturated heterocycles. The van der Waals surface area contributed by atoms with E-state index in [1.807, 2.05) is 0 Å². The van der Waals surface area contributed by atoms with Crippen molar-refractivity contribution in [2.24, 2.45) is 0 Å². The Bertz CT molecular complexity index is 186. The van der Waals surface area contributed by atoms with Gasteiger partial charge in [0.05, 0.1) is 0 Å². The number of rotatable bonds is 0. The van der Waals surface area contributed by atoms with E-state index in [0.29, 0.717) is 0 Å². The van der Waals surface area contributed by atoms with Crippen LogP contribution in [0, 0.1) is 0 Å². The Balaban J connectivity index is 0. The molecule has 0 aromatic carbocycles. The molecule has 10 heavy (non-hydrogen) atoms. The summed E-state index contributed by atoms with van der Waals surface area (Å²) in [7, 11) is 0. The van der Waals surface area contributed by atoms with Crippen LogP contribution in [-0.4, -0.2) is 26.5 Å². The molecule has 1 aromatic heterocycles. The number of nitrogens with zero attached hydrogens (tertiary/aromatic N) is 2. The molecule has 1 heterocycles. The molecular formula is C4H5N2NaO3. The molecule has 0 spiro atoms. The third-order valence-electron chi connectivity index (χ3n) is 0.700. The van der Waals surface area contributed by atoms with Gasteiger partial charge in [-0.05, 0) is 6.07 Å². The second-order valence-corrected chi connectivity index (χ2v) is 1.23. The van der Waals surface area contributed by atoms with Crippen LogP contribution in [0.2, 0.25) is 0 Å². The molecule has 0 aliphatic heterocycles. The Kier molecular flexibility index (Phi) is 6.69. The van der Waals surface area contributed by atoms with Gasteiger partial charge in [-0.15, -0.1) is 0 Å². The Morgan fingerprint density at radius 3 is 2.40 bits per heavy atom. The van der Waals surface area contributed by atoms with Crippen LogP contribution < -0.4 is 29.6 Å². The molecule has 0 atom stereocenters. The van der Waals surface area contributed by atoms with E-state index in [4.69, 9.17) is 5.11 Å². The fraction of sp³-hybridized carbons (Fsp3) is 0. The van der Waals surface area contributed by atoms with Gasteiger partial charge in [-0.25, -0.2) is 4.79 Å². The summed E-state index contributed by atoms with van der Waals surface area (Å²) >= 11 is 0. The molecule has 0 unspecified atom stereocenters.